The first-order valence-electron chi connectivity index (χ1n) is 12.1. The van der Waals surface area contributed by atoms with E-state index >= 15 is 0 Å². The SMILES string of the molecule is CC(C)(O)C(F)CNC(=O)c1cnc(-c2ccc3cc(C#N)cnn23)cc1Nc1ccc(-c2ccn[nH]2)cc1. The number of rotatable bonds is 8. The van der Waals surface area contributed by atoms with Gasteiger partial charge >= 0.3 is 0 Å². The van der Waals surface area contributed by atoms with Crippen molar-refractivity contribution in [3.63, 3.8) is 0 Å². The molecule has 5 aromatic rings. The zero-order chi connectivity index (χ0) is 27.6. The predicted molar refractivity (Wildman–Crippen MR) is 144 cm³/mol. The summed E-state index contributed by atoms with van der Waals surface area (Å²) in [5.74, 6) is -0.547. The summed E-state index contributed by atoms with van der Waals surface area (Å²) in [6.45, 7) is 2.32. The number of benzene rings is 1. The average molecular weight is 525 g/mol. The molecule has 0 aliphatic carbocycles. The molecule has 1 amide bonds. The van der Waals surface area contributed by atoms with Crippen LogP contribution >= 0.6 is 0 Å². The fraction of sp³-hybridized carbons (Fsp3) is 0.179. The summed E-state index contributed by atoms with van der Waals surface area (Å²) in [5.41, 5.74) is 3.89. The van der Waals surface area contributed by atoms with E-state index in [-0.39, 0.29) is 12.1 Å². The summed E-state index contributed by atoms with van der Waals surface area (Å²) < 4.78 is 16.0. The summed E-state index contributed by atoms with van der Waals surface area (Å²) in [7, 11) is 0. The zero-order valence-electron chi connectivity index (χ0n) is 21.2. The average Bonchev–Trinajstić information content (AvgIpc) is 3.61. The maximum Gasteiger partial charge on any atom is 0.255 e. The first-order valence-corrected chi connectivity index (χ1v) is 12.1. The number of halogens is 1. The van der Waals surface area contributed by atoms with Crippen molar-refractivity contribution < 1.29 is 14.3 Å². The highest BCUT2D eigenvalue weighted by Crippen LogP contribution is 2.29. The van der Waals surface area contributed by atoms with Gasteiger partial charge in [-0.25, -0.2) is 8.91 Å². The van der Waals surface area contributed by atoms with Crippen LogP contribution in [-0.2, 0) is 0 Å². The Bertz CT molecular complexity index is 1670. The van der Waals surface area contributed by atoms with Gasteiger partial charge in [0.15, 0.2) is 0 Å². The molecule has 5 rings (SSSR count). The second-order valence-corrected chi connectivity index (χ2v) is 9.53. The molecule has 0 spiro atoms. The Morgan fingerprint density at radius 1 is 1.18 bits per heavy atom. The first kappa shape index (κ1) is 25.6. The van der Waals surface area contributed by atoms with E-state index in [4.69, 9.17) is 0 Å². The molecule has 0 saturated carbocycles. The van der Waals surface area contributed by atoms with Crippen LogP contribution in [0.4, 0.5) is 15.8 Å². The molecular formula is C28H25FN8O2. The number of amides is 1. The van der Waals surface area contributed by atoms with Gasteiger partial charge in [0.05, 0.1) is 57.8 Å². The molecule has 4 heterocycles. The molecule has 0 aliphatic heterocycles. The Kier molecular flexibility index (Phi) is 6.79. The van der Waals surface area contributed by atoms with E-state index in [1.165, 1.54) is 26.2 Å². The third-order valence-electron chi connectivity index (χ3n) is 6.22. The minimum Gasteiger partial charge on any atom is -0.387 e. The number of aromatic amines is 1. The molecule has 4 aromatic heterocycles. The lowest BCUT2D eigenvalue weighted by atomic mass is 10.0. The normalized spacial score (nSPS) is 12.2. The number of aromatic nitrogens is 5. The van der Waals surface area contributed by atoms with Crippen LogP contribution in [0.3, 0.4) is 0 Å². The Morgan fingerprint density at radius 2 is 1.97 bits per heavy atom. The quantitative estimate of drug-likeness (QED) is 0.238. The van der Waals surface area contributed by atoms with Gasteiger partial charge < -0.3 is 15.7 Å². The highest BCUT2D eigenvalue weighted by molar-refractivity contribution is 6.00. The third kappa shape index (κ3) is 5.46. The Labute approximate surface area is 223 Å². The van der Waals surface area contributed by atoms with Crippen LogP contribution in [0.2, 0.25) is 0 Å². The summed E-state index contributed by atoms with van der Waals surface area (Å²) in [5, 5.41) is 36.1. The van der Waals surface area contributed by atoms with E-state index < -0.39 is 17.7 Å². The van der Waals surface area contributed by atoms with Gasteiger partial charge in [0.25, 0.3) is 5.91 Å². The molecule has 0 aliphatic rings. The van der Waals surface area contributed by atoms with Crippen LogP contribution in [0.15, 0.2) is 73.2 Å². The van der Waals surface area contributed by atoms with Crippen LogP contribution < -0.4 is 10.6 Å². The molecular weight excluding hydrogens is 499 g/mol. The molecule has 196 valence electrons. The highest BCUT2D eigenvalue weighted by atomic mass is 19.1. The van der Waals surface area contributed by atoms with Gasteiger partial charge in [-0.1, -0.05) is 12.1 Å². The van der Waals surface area contributed by atoms with Crippen molar-refractivity contribution in [2.75, 3.05) is 11.9 Å². The number of nitriles is 1. The third-order valence-corrected chi connectivity index (χ3v) is 6.22. The number of aliphatic hydroxyl groups is 1. The summed E-state index contributed by atoms with van der Waals surface area (Å²) >= 11 is 0. The second kappa shape index (κ2) is 10.4. The monoisotopic (exact) mass is 524 g/mol. The van der Waals surface area contributed by atoms with Crippen molar-refractivity contribution in [3.8, 4) is 28.7 Å². The summed E-state index contributed by atoms with van der Waals surface area (Å²) in [4.78, 5) is 17.6. The maximum atomic E-state index is 14.3. The Morgan fingerprint density at radius 3 is 2.67 bits per heavy atom. The standard InChI is InChI=1S/C28H25FN8O2/c1-28(2,39)26(29)16-32-27(38)21-15-31-24(25-8-7-20-11-17(13-30)14-34-37(20)25)12-23(21)35-19-5-3-18(4-6-19)22-9-10-33-36-22/h3-12,14-15,26,39H,16H2,1-2H3,(H,31,35)(H,32,38)(H,33,36). The summed E-state index contributed by atoms with van der Waals surface area (Å²) in [6, 6.07) is 18.6. The molecule has 11 heteroatoms. The summed E-state index contributed by atoms with van der Waals surface area (Å²) in [6.07, 6.45) is 2.89. The molecule has 10 nitrogen and oxygen atoms in total. The smallest absolute Gasteiger partial charge is 0.255 e. The van der Waals surface area contributed by atoms with Crippen LogP contribution in [0.5, 0.6) is 0 Å². The maximum absolute atomic E-state index is 14.3. The van der Waals surface area contributed by atoms with E-state index in [1.807, 2.05) is 42.5 Å². The topological polar surface area (TPSA) is 144 Å². The molecule has 1 atom stereocenters. The van der Waals surface area contributed by atoms with Gasteiger partial charge in [0.1, 0.15) is 12.2 Å². The van der Waals surface area contributed by atoms with Gasteiger partial charge in [-0.2, -0.15) is 15.5 Å². The van der Waals surface area contributed by atoms with E-state index in [9.17, 15) is 19.6 Å². The molecule has 0 fully saturated rings. The predicted octanol–water partition coefficient (Wildman–Crippen LogP) is 4.24. The molecule has 0 saturated heterocycles. The lowest BCUT2D eigenvalue weighted by Gasteiger charge is -2.22. The number of pyridine rings is 1. The number of nitrogens with zero attached hydrogens (tertiary/aromatic N) is 5. The van der Waals surface area contributed by atoms with E-state index in [1.54, 1.807) is 22.8 Å². The fourth-order valence-electron chi connectivity index (χ4n) is 3.97. The van der Waals surface area contributed by atoms with E-state index in [0.717, 1.165) is 16.8 Å². The van der Waals surface area contributed by atoms with Gasteiger partial charge in [-0.15, -0.1) is 0 Å². The van der Waals surface area contributed by atoms with Crippen LogP contribution in [0.1, 0.15) is 29.8 Å². The highest BCUT2D eigenvalue weighted by Gasteiger charge is 2.27. The number of carbonyl (C=O) groups is 1. The van der Waals surface area contributed by atoms with Crippen molar-refractivity contribution in [3.05, 3.63) is 84.3 Å². The van der Waals surface area contributed by atoms with Crippen molar-refractivity contribution in [2.24, 2.45) is 0 Å². The molecule has 39 heavy (non-hydrogen) atoms. The van der Waals surface area contributed by atoms with Crippen molar-refractivity contribution >= 4 is 22.8 Å². The number of carbonyl (C=O) groups excluding carboxylic acids is 1. The molecule has 4 N–H and O–H groups in total. The minimum absolute atomic E-state index is 0.194. The second-order valence-electron chi connectivity index (χ2n) is 9.53. The number of hydrogen-bond donors (Lipinski definition) is 4. The van der Waals surface area contributed by atoms with Gasteiger partial charge in [0, 0.05) is 18.1 Å². The molecule has 0 radical (unpaired) electrons. The number of H-pyrrole nitrogens is 1. The van der Waals surface area contributed by atoms with Gasteiger partial charge in [0.2, 0.25) is 0 Å². The largest absolute Gasteiger partial charge is 0.387 e. The number of anilines is 2. The number of hydrogen-bond acceptors (Lipinski definition) is 7. The number of alkyl halides is 1. The molecule has 1 unspecified atom stereocenters. The molecule has 1 aromatic carbocycles. The van der Waals surface area contributed by atoms with Crippen LogP contribution in [0, 0.1) is 11.3 Å². The lowest BCUT2D eigenvalue weighted by molar-refractivity contribution is -0.00177. The number of nitrogens with one attached hydrogen (secondary N) is 3. The Hall–Kier alpha value is -5.08. The molecule has 0 bridgehead atoms. The van der Waals surface area contributed by atoms with Crippen molar-refractivity contribution in [1.82, 2.24) is 30.1 Å². The van der Waals surface area contributed by atoms with Crippen molar-refractivity contribution in [2.45, 2.75) is 25.6 Å². The zero-order valence-corrected chi connectivity index (χ0v) is 21.2. The van der Waals surface area contributed by atoms with Gasteiger partial charge in [-0.05, 0) is 61.9 Å². The first-order chi connectivity index (χ1) is 18.7. The number of fused-ring (bicyclic) bond motifs is 1. The fourth-order valence-corrected chi connectivity index (χ4v) is 3.97. The minimum atomic E-state index is -1.66. The van der Waals surface area contributed by atoms with E-state index in [0.29, 0.717) is 28.3 Å². The lowest BCUT2D eigenvalue weighted by Crippen LogP contribution is -2.42. The van der Waals surface area contributed by atoms with Crippen molar-refractivity contribution in [1.29, 1.82) is 5.26 Å². The van der Waals surface area contributed by atoms with E-state index in [2.05, 4.69) is 37.0 Å². The van der Waals surface area contributed by atoms with Crippen LogP contribution in [0.25, 0.3) is 28.2 Å². The Balaban J connectivity index is 1.49. The van der Waals surface area contributed by atoms with Crippen LogP contribution in [-0.4, -0.2) is 54.1 Å². The van der Waals surface area contributed by atoms with Gasteiger partial charge in [-0.3, -0.25) is 14.9 Å².